The maximum Gasteiger partial charge on any atom is 0.404 e. The van der Waals surface area contributed by atoms with Gasteiger partial charge in [0.2, 0.25) is 5.91 Å². The number of likely N-dealkylation sites (N-methyl/N-ethyl adjacent to an activating group) is 1. The number of primary amides is 1. The Morgan fingerprint density at radius 2 is 2.00 bits per heavy atom. The van der Waals surface area contributed by atoms with Crippen molar-refractivity contribution >= 4 is 44.9 Å². The molecule has 3 atom stereocenters. The number of piperidine rings is 1. The molecule has 0 spiro atoms. The van der Waals surface area contributed by atoms with Crippen molar-refractivity contribution in [2.45, 2.75) is 51.0 Å². The summed E-state index contributed by atoms with van der Waals surface area (Å²) in [5.74, 6) is 0.676. The highest BCUT2D eigenvalue weighted by atomic mass is 79.9. The first kappa shape index (κ1) is 27.6. The Bertz CT molecular complexity index is 1300. The van der Waals surface area contributed by atoms with E-state index in [0.29, 0.717) is 32.4 Å². The second-order valence-corrected chi connectivity index (χ2v) is 10.4. The topological polar surface area (TPSA) is 107 Å². The first-order chi connectivity index (χ1) is 18.3. The number of nitrogens with one attached hydrogen (secondary N) is 1. The van der Waals surface area contributed by atoms with Gasteiger partial charge >= 0.3 is 6.09 Å². The molecular weight excluding hydrogens is 548 g/mol. The molecule has 0 radical (unpaired) electrons. The Morgan fingerprint density at radius 1 is 1.21 bits per heavy atom. The van der Waals surface area contributed by atoms with Crippen molar-refractivity contribution in [1.29, 1.82) is 0 Å². The predicted molar refractivity (Wildman–Crippen MR) is 152 cm³/mol. The third-order valence-electron chi connectivity index (χ3n) is 6.83. The van der Waals surface area contributed by atoms with Crippen LogP contribution in [-0.4, -0.2) is 53.7 Å². The van der Waals surface area contributed by atoms with E-state index < -0.39 is 6.09 Å². The minimum atomic E-state index is -0.807. The highest BCUT2D eigenvalue weighted by molar-refractivity contribution is 9.10. The van der Waals surface area contributed by atoms with Crippen molar-refractivity contribution in [3.05, 3.63) is 76.4 Å². The SMILES string of the molecule is CC1CC(OC(N)=O)C[C@@H](C(=O)NCC/C=C/c2c(OCc3ccccc3)ccc3ncc(Br)cc23)N1C. The lowest BCUT2D eigenvalue weighted by Gasteiger charge is -2.40. The minimum absolute atomic E-state index is 0.0873. The zero-order chi connectivity index (χ0) is 27.1. The number of halogens is 1. The van der Waals surface area contributed by atoms with Crippen LogP contribution in [0.5, 0.6) is 5.75 Å². The molecule has 2 aromatic carbocycles. The second-order valence-electron chi connectivity index (χ2n) is 9.51. The van der Waals surface area contributed by atoms with Gasteiger partial charge in [0.25, 0.3) is 0 Å². The molecule has 2 heterocycles. The van der Waals surface area contributed by atoms with Gasteiger partial charge in [0, 0.05) is 40.6 Å². The third-order valence-corrected chi connectivity index (χ3v) is 7.26. The summed E-state index contributed by atoms with van der Waals surface area (Å²) in [7, 11) is 1.92. The van der Waals surface area contributed by atoms with Crippen LogP contribution < -0.4 is 15.8 Å². The number of amides is 2. The number of hydrogen-bond donors (Lipinski definition) is 2. The quantitative estimate of drug-likeness (QED) is 0.343. The van der Waals surface area contributed by atoms with Crippen molar-refractivity contribution in [3.63, 3.8) is 0 Å². The van der Waals surface area contributed by atoms with Crippen LogP contribution in [0.1, 0.15) is 37.3 Å². The Hall–Kier alpha value is -3.43. The molecule has 0 saturated carbocycles. The van der Waals surface area contributed by atoms with Crippen LogP contribution >= 0.6 is 15.9 Å². The molecule has 3 N–H and O–H groups in total. The highest BCUT2D eigenvalue weighted by Crippen LogP contribution is 2.31. The summed E-state index contributed by atoms with van der Waals surface area (Å²) in [6.07, 6.45) is 6.36. The van der Waals surface area contributed by atoms with Crippen LogP contribution in [0.25, 0.3) is 17.0 Å². The van der Waals surface area contributed by atoms with E-state index in [1.165, 1.54) is 0 Å². The number of ether oxygens (including phenoxy) is 2. The maximum atomic E-state index is 12.9. The van der Waals surface area contributed by atoms with Crippen LogP contribution in [0.4, 0.5) is 4.79 Å². The number of carbonyl (C=O) groups excluding carboxylic acids is 2. The van der Waals surface area contributed by atoms with Crippen molar-refractivity contribution in [2.24, 2.45) is 5.73 Å². The number of nitrogens with zero attached hydrogens (tertiary/aromatic N) is 2. The van der Waals surface area contributed by atoms with E-state index in [1.54, 1.807) is 6.20 Å². The fourth-order valence-electron chi connectivity index (χ4n) is 4.72. The fraction of sp³-hybridized carbons (Fsp3) is 0.345. The predicted octanol–water partition coefficient (Wildman–Crippen LogP) is 5.04. The number of benzene rings is 2. The molecule has 0 aliphatic carbocycles. The van der Waals surface area contributed by atoms with Gasteiger partial charge in [-0.2, -0.15) is 0 Å². The Labute approximate surface area is 231 Å². The van der Waals surface area contributed by atoms with E-state index >= 15 is 0 Å². The van der Waals surface area contributed by atoms with Crippen molar-refractivity contribution in [3.8, 4) is 5.75 Å². The largest absolute Gasteiger partial charge is 0.488 e. The minimum Gasteiger partial charge on any atom is -0.488 e. The van der Waals surface area contributed by atoms with Crippen LogP contribution in [0, 0.1) is 0 Å². The van der Waals surface area contributed by atoms with Gasteiger partial charge in [0.05, 0.1) is 11.6 Å². The molecule has 4 rings (SSSR count). The molecule has 8 nitrogen and oxygen atoms in total. The van der Waals surface area contributed by atoms with Gasteiger partial charge in [-0.15, -0.1) is 0 Å². The van der Waals surface area contributed by atoms with E-state index in [9.17, 15) is 9.59 Å². The third kappa shape index (κ3) is 7.11. The van der Waals surface area contributed by atoms with Gasteiger partial charge in [-0.05, 0) is 66.5 Å². The van der Waals surface area contributed by atoms with Crippen molar-refractivity contribution in [1.82, 2.24) is 15.2 Å². The fourth-order valence-corrected chi connectivity index (χ4v) is 5.06. The number of aromatic nitrogens is 1. The number of carbonyl (C=O) groups is 2. The van der Waals surface area contributed by atoms with Crippen LogP contribution in [0.15, 0.2) is 65.3 Å². The zero-order valence-electron chi connectivity index (χ0n) is 21.6. The first-order valence-corrected chi connectivity index (χ1v) is 13.5. The molecule has 200 valence electrons. The summed E-state index contributed by atoms with van der Waals surface area (Å²) in [6.45, 7) is 2.94. The van der Waals surface area contributed by atoms with Crippen LogP contribution in [0.2, 0.25) is 0 Å². The molecular formula is C29H33BrN4O4. The molecule has 9 heteroatoms. The second kappa shape index (κ2) is 12.9. The molecule has 38 heavy (non-hydrogen) atoms. The van der Waals surface area contributed by atoms with E-state index in [4.69, 9.17) is 15.2 Å². The number of hydrogen-bond acceptors (Lipinski definition) is 6. The van der Waals surface area contributed by atoms with Crippen molar-refractivity contribution in [2.75, 3.05) is 13.6 Å². The number of nitrogens with two attached hydrogens (primary N) is 1. The number of fused-ring (bicyclic) bond motifs is 1. The Morgan fingerprint density at radius 3 is 2.76 bits per heavy atom. The van der Waals surface area contributed by atoms with E-state index in [2.05, 4.69) is 26.2 Å². The molecule has 1 aromatic heterocycles. The van der Waals surface area contributed by atoms with Gasteiger partial charge < -0.3 is 20.5 Å². The average Bonchev–Trinajstić information content (AvgIpc) is 2.89. The van der Waals surface area contributed by atoms with Crippen LogP contribution in [0.3, 0.4) is 0 Å². The monoisotopic (exact) mass is 580 g/mol. The van der Waals surface area contributed by atoms with Gasteiger partial charge in [0.15, 0.2) is 0 Å². The molecule has 1 saturated heterocycles. The number of likely N-dealkylation sites (tertiary alicyclic amines) is 1. The average molecular weight is 582 g/mol. The van der Waals surface area contributed by atoms with Gasteiger partial charge in [-0.3, -0.25) is 14.7 Å². The lowest BCUT2D eigenvalue weighted by molar-refractivity contribution is -0.130. The molecule has 3 aromatic rings. The van der Waals surface area contributed by atoms with Gasteiger partial charge in [0.1, 0.15) is 18.5 Å². The van der Waals surface area contributed by atoms with E-state index in [-0.39, 0.29) is 24.1 Å². The molecule has 1 fully saturated rings. The van der Waals surface area contributed by atoms with Crippen molar-refractivity contribution < 1.29 is 19.1 Å². The maximum absolute atomic E-state index is 12.9. The zero-order valence-corrected chi connectivity index (χ0v) is 23.2. The number of rotatable bonds is 9. The lowest BCUT2D eigenvalue weighted by atomic mass is 9.94. The molecule has 1 aliphatic rings. The highest BCUT2D eigenvalue weighted by Gasteiger charge is 2.36. The first-order valence-electron chi connectivity index (χ1n) is 12.7. The van der Waals surface area contributed by atoms with Crippen LogP contribution in [-0.2, 0) is 16.1 Å². The summed E-state index contributed by atoms with van der Waals surface area (Å²) in [4.78, 5) is 30.7. The molecule has 2 amide bonds. The number of pyridine rings is 1. The van der Waals surface area contributed by atoms with E-state index in [1.807, 2.05) is 79.6 Å². The molecule has 0 bridgehead atoms. The van der Waals surface area contributed by atoms with Gasteiger partial charge in [-0.25, -0.2) is 4.79 Å². The standard InChI is InChI=1S/C29H33BrN4O4/c1-19-14-22(38-29(31)36)16-26(34(19)2)28(35)32-13-7-6-10-23-24-15-21(30)17-33-25(24)11-12-27(23)37-18-20-8-4-3-5-9-20/h3-6,8-12,15,17,19,22,26H,7,13-14,16,18H2,1-2H3,(H2,31,36)(H,32,35)/b10-6+/t19?,22?,26-/m0/s1. The Kier molecular flexibility index (Phi) is 9.36. The summed E-state index contributed by atoms with van der Waals surface area (Å²) in [6, 6.07) is 15.7. The normalized spacial score (nSPS) is 19.9. The summed E-state index contributed by atoms with van der Waals surface area (Å²) in [5.41, 5.74) is 8.08. The lowest BCUT2D eigenvalue weighted by Crippen LogP contribution is -2.55. The Balaban J connectivity index is 1.41. The smallest absolute Gasteiger partial charge is 0.404 e. The summed E-state index contributed by atoms with van der Waals surface area (Å²) < 4.78 is 12.3. The summed E-state index contributed by atoms with van der Waals surface area (Å²) >= 11 is 3.53. The van der Waals surface area contributed by atoms with Gasteiger partial charge in [-0.1, -0.05) is 42.5 Å². The molecule has 1 aliphatic heterocycles. The summed E-state index contributed by atoms with van der Waals surface area (Å²) in [5, 5.41) is 3.99. The van der Waals surface area contributed by atoms with E-state index in [0.717, 1.165) is 32.3 Å². The molecule has 2 unspecified atom stereocenters.